The van der Waals surface area contributed by atoms with Gasteiger partial charge in [0.2, 0.25) is 5.91 Å². The van der Waals surface area contributed by atoms with E-state index < -0.39 is 0 Å². The molecular weight excluding hydrogens is 186 g/mol. The van der Waals surface area contributed by atoms with Crippen LogP contribution >= 0.6 is 0 Å². The quantitative estimate of drug-likeness (QED) is 0.785. The molecule has 2 heteroatoms. The Morgan fingerprint density at radius 2 is 2.27 bits per heavy atom. The smallest absolute Gasteiger partial charge is 0.220 e. The topological polar surface area (TPSA) is 29.1 Å². The van der Waals surface area contributed by atoms with Crippen molar-refractivity contribution in [3.63, 3.8) is 0 Å². The Balaban J connectivity index is 2.26. The minimum Gasteiger partial charge on any atom is -0.353 e. The Morgan fingerprint density at radius 3 is 2.93 bits per heavy atom. The van der Waals surface area contributed by atoms with Gasteiger partial charge in [0.05, 0.1) is 0 Å². The van der Waals surface area contributed by atoms with Gasteiger partial charge in [-0.25, -0.2) is 0 Å². The minimum atomic E-state index is 0.188. The highest BCUT2D eigenvalue weighted by Crippen LogP contribution is 2.30. The molecular formula is C13H17NO. The summed E-state index contributed by atoms with van der Waals surface area (Å²) in [6.45, 7) is 4.22. The third-order valence-electron chi connectivity index (χ3n) is 3.15. The van der Waals surface area contributed by atoms with Crippen molar-refractivity contribution in [3.05, 3.63) is 35.4 Å². The normalized spacial score (nSPS) is 25.3. The molecule has 0 aromatic heterocycles. The van der Waals surface area contributed by atoms with Crippen LogP contribution in [0, 0.1) is 6.92 Å². The summed E-state index contributed by atoms with van der Waals surface area (Å²) in [7, 11) is 0. The fourth-order valence-corrected chi connectivity index (χ4v) is 2.35. The maximum absolute atomic E-state index is 11.4. The second kappa shape index (κ2) is 4.05. The maximum atomic E-state index is 11.4. The molecule has 0 bridgehead atoms. The van der Waals surface area contributed by atoms with Crippen LogP contribution in [-0.4, -0.2) is 11.9 Å². The summed E-state index contributed by atoms with van der Waals surface area (Å²) in [6, 6.07) is 8.79. The van der Waals surface area contributed by atoms with E-state index in [4.69, 9.17) is 0 Å². The largest absolute Gasteiger partial charge is 0.353 e. The first-order valence-corrected chi connectivity index (χ1v) is 5.56. The van der Waals surface area contributed by atoms with Crippen LogP contribution in [0.3, 0.4) is 0 Å². The molecule has 0 radical (unpaired) electrons. The van der Waals surface area contributed by atoms with E-state index in [-0.39, 0.29) is 5.91 Å². The first kappa shape index (κ1) is 10.2. The minimum absolute atomic E-state index is 0.188. The van der Waals surface area contributed by atoms with Crippen LogP contribution in [0.15, 0.2) is 24.3 Å². The fraction of sp³-hybridized carbons (Fsp3) is 0.462. The summed E-state index contributed by atoms with van der Waals surface area (Å²) in [4.78, 5) is 11.4. The van der Waals surface area contributed by atoms with Crippen molar-refractivity contribution < 1.29 is 4.79 Å². The van der Waals surface area contributed by atoms with E-state index >= 15 is 0 Å². The number of carbonyl (C=O) groups excluding carboxylic acids is 1. The van der Waals surface area contributed by atoms with E-state index in [0.29, 0.717) is 18.4 Å². The van der Waals surface area contributed by atoms with Gasteiger partial charge in [0.25, 0.3) is 0 Å². The van der Waals surface area contributed by atoms with Gasteiger partial charge in [-0.2, -0.15) is 0 Å². The molecule has 2 nitrogen and oxygen atoms in total. The standard InChI is InChI=1S/C13H17NO/c1-3-12-11(8-13(15)14-12)10-6-4-5-9(2)7-10/h4-7,11-12H,3,8H2,1-2H3,(H,14,15). The van der Waals surface area contributed by atoms with Crippen LogP contribution in [0.1, 0.15) is 36.8 Å². The van der Waals surface area contributed by atoms with Crippen LogP contribution in [0.4, 0.5) is 0 Å². The zero-order chi connectivity index (χ0) is 10.8. The highest BCUT2D eigenvalue weighted by Gasteiger charge is 2.31. The lowest BCUT2D eigenvalue weighted by atomic mass is 9.90. The molecule has 1 aromatic carbocycles. The Hall–Kier alpha value is -1.31. The maximum Gasteiger partial charge on any atom is 0.220 e. The molecule has 0 saturated carbocycles. The molecule has 1 aromatic rings. The van der Waals surface area contributed by atoms with E-state index in [1.807, 2.05) is 0 Å². The Morgan fingerprint density at radius 1 is 1.47 bits per heavy atom. The zero-order valence-corrected chi connectivity index (χ0v) is 9.29. The van der Waals surface area contributed by atoms with Gasteiger partial charge < -0.3 is 5.32 Å². The Labute approximate surface area is 90.7 Å². The van der Waals surface area contributed by atoms with Crippen molar-refractivity contribution in [2.24, 2.45) is 0 Å². The summed E-state index contributed by atoms with van der Waals surface area (Å²) in [5, 5.41) is 3.03. The number of benzene rings is 1. The van der Waals surface area contributed by atoms with Crippen LogP contribution in [0.25, 0.3) is 0 Å². The second-order valence-electron chi connectivity index (χ2n) is 4.31. The molecule has 1 saturated heterocycles. The van der Waals surface area contributed by atoms with Gasteiger partial charge in [0.15, 0.2) is 0 Å². The number of carbonyl (C=O) groups is 1. The summed E-state index contributed by atoms with van der Waals surface area (Å²) in [6.07, 6.45) is 1.65. The lowest BCUT2D eigenvalue weighted by Gasteiger charge is -2.17. The monoisotopic (exact) mass is 203 g/mol. The molecule has 1 N–H and O–H groups in total. The van der Waals surface area contributed by atoms with Gasteiger partial charge in [-0.05, 0) is 18.9 Å². The van der Waals surface area contributed by atoms with Gasteiger partial charge in [-0.1, -0.05) is 36.8 Å². The van der Waals surface area contributed by atoms with Gasteiger partial charge in [0, 0.05) is 18.4 Å². The highest BCUT2D eigenvalue weighted by atomic mass is 16.2. The Bertz CT molecular complexity index is 373. The first-order valence-electron chi connectivity index (χ1n) is 5.56. The average Bonchev–Trinajstić information content (AvgIpc) is 2.59. The van der Waals surface area contributed by atoms with Crippen LogP contribution < -0.4 is 5.32 Å². The van der Waals surface area contributed by atoms with Gasteiger partial charge in [0.1, 0.15) is 0 Å². The second-order valence-corrected chi connectivity index (χ2v) is 4.31. The van der Waals surface area contributed by atoms with E-state index in [1.165, 1.54) is 11.1 Å². The molecule has 2 rings (SSSR count). The van der Waals surface area contributed by atoms with Crippen molar-refractivity contribution in [1.29, 1.82) is 0 Å². The van der Waals surface area contributed by atoms with Gasteiger partial charge in [-0.3, -0.25) is 4.79 Å². The number of rotatable bonds is 2. The summed E-state index contributed by atoms with van der Waals surface area (Å²) in [5.74, 6) is 0.552. The molecule has 2 unspecified atom stereocenters. The van der Waals surface area contributed by atoms with Crippen molar-refractivity contribution >= 4 is 5.91 Å². The van der Waals surface area contributed by atoms with Gasteiger partial charge in [-0.15, -0.1) is 0 Å². The van der Waals surface area contributed by atoms with Gasteiger partial charge >= 0.3 is 0 Å². The molecule has 1 heterocycles. The summed E-state index contributed by atoms with van der Waals surface area (Å²) in [5.41, 5.74) is 2.56. The van der Waals surface area contributed by atoms with E-state index in [2.05, 4.69) is 43.4 Å². The number of hydrogen-bond acceptors (Lipinski definition) is 1. The van der Waals surface area contributed by atoms with Crippen molar-refractivity contribution in [2.75, 3.05) is 0 Å². The van der Waals surface area contributed by atoms with E-state index in [9.17, 15) is 4.79 Å². The summed E-state index contributed by atoms with van der Waals surface area (Å²) < 4.78 is 0. The lowest BCUT2D eigenvalue weighted by molar-refractivity contribution is -0.119. The molecule has 1 aliphatic rings. The number of nitrogens with one attached hydrogen (secondary N) is 1. The van der Waals surface area contributed by atoms with Crippen molar-refractivity contribution in [3.8, 4) is 0 Å². The highest BCUT2D eigenvalue weighted by molar-refractivity contribution is 5.80. The third kappa shape index (κ3) is 2.04. The van der Waals surface area contributed by atoms with E-state index in [0.717, 1.165) is 6.42 Å². The number of aryl methyl sites for hydroxylation is 1. The SMILES string of the molecule is CCC1NC(=O)CC1c1cccc(C)c1. The third-order valence-corrected chi connectivity index (χ3v) is 3.15. The molecule has 15 heavy (non-hydrogen) atoms. The van der Waals surface area contributed by atoms with Crippen molar-refractivity contribution in [1.82, 2.24) is 5.32 Å². The average molecular weight is 203 g/mol. The predicted molar refractivity (Wildman–Crippen MR) is 60.8 cm³/mol. The zero-order valence-electron chi connectivity index (χ0n) is 9.29. The molecule has 1 fully saturated rings. The van der Waals surface area contributed by atoms with Crippen LogP contribution in [0.2, 0.25) is 0 Å². The molecule has 0 aliphatic carbocycles. The molecule has 2 atom stereocenters. The van der Waals surface area contributed by atoms with E-state index in [1.54, 1.807) is 0 Å². The number of amides is 1. The molecule has 1 aliphatic heterocycles. The number of hydrogen-bond donors (Lipinski definition) is 1. The molecule has 80 valence electrons. The van der Waals surface area contributed by atoms with Crippen molar-refractivity contribution in [2.45, 2.75) is 38.6 Å². The first-order chi connectivity index (χ1) is 7.20. The predicted octanol–water partition coefficient (Wildman–Crippen LogP) is 2.38. The van der Waals surface area contributed by atoms with Crippen LogP contribution in [0.5, 0.6) is 0 Å². The fourth-order valence-electron chi connectivity index (χ4n) is 2.35. The molecule has 1 amide bonds. The lowest BCUT2D eigenvalue weighted by Crippen LogP contribution is -2.27. The molecule has 0 spiro atoms. The summed E-state index contributed by atoms with van der Waals surface area (Å²) >= 11 is 0. The van der Waals surface area contributed by atoms with Crippen LogP contribution in [-0.2, 0) is 4.79 Å². The Kier molecular flexibility index (Phi) is 2.76.